The van der Waals surface area contributed by atoms with Crippen molar-refractivity contribution in [2.45, 2.75) is 32.9 Å². The molecule has 0 spiro atoms. The molecule has 1 aliphatic carbocycles. The Morgan fingerprint density at radius 2 is 2.00 bits per heavy atom. The van der Waals surface area contributed by atoms with E-state index in [0.29, 0.717) is 23.4 Å². The predicted molar refractivity (Wildman–Crippen MR) is 138 cm³/mol. The van der Waals surface area contributed by atoms with Crippen molar-refractivity contribution < 1.29 is 4.79 Å². The van der Waals surface area contributed by atoms with Crippen LogP contribution in [0.2, 0.25) is 0 Å². The van der Waals surface area contributed by atoms with E-state index >= 15 is 0 Å². The molecule has 4 aromatic rings. The number of nitriles is 1. The van der Waals surface area contributed by atoms with Crippen LogP contribution in [0.3, 0.4) is 0 Å². The molecular formula is C25H25N9OS. The predicted octanol–water partition coefficient (Wildman–Crippen LogP) is 3.18. The van der Waals surface area contributed by atoms with E-state index in [2.05, 4.69) is 50.7 Å². The third kappa shape index (κ3) is 3.93. The first-order valence-electron chi connectivity index (χ1n) is 11.9. The minimum atomic E-state index is 0.0381. The van der Waals surface area contributed by atoms with Crippen molar-refractivity contribution in [1.82, 2.24) is 30.1 Å². The number of pyridine rings is 1. The van der Waals surface area contributed by atoms with E-state index in [4.69, 9.17) is 10.2 Å². The molecule has 182 valence electrons. The summed E-state index contributed by atoms with van der Waals surface area (Å²) in [5, 5.41) is 30.8. The van der Waals surface area contributed by atoms with Crippen LogP contribution in [0.5, 0.6) is 0 Å². The second-order valence-corrected chi connectivity index (χ2v) is 10.6. The van der Waals surface area contributed by atoms with E-state index in [-0.39, 0.29) is 11.9 Å². The molecule has 5 heterocycles. The summed E-state index contributed by atoms with van der Waals surface area (Å²) in [6.07, 6.45) is 3.39. The van der Waals surface area contributed by atoms with Gasteiger partial charge in [0.1, 0.15) is 6.07 Å². The summed E-state index contributed by atoms with van der Waals surface area (Å²) in [6, 6.07) is 10.4. The maximum Gasteiger partial charge on any atom is 0.217 e. The Bertz CT molecular complexity index is 1510. The summed E-state index contributed by atoms with van der Waals surface area (Å²) >= 11 is 1.56. The molecule has 0 unspecified atom stereocenters. The highest BCUT2D eigenvalue weighted by atomic mass is 32.1. The number of carbonyl (C=O) groups excluding carboxylic acids is 1. The first kappa shape index (κ1) is 22.4. The van der Waals surface area contributed by atoms with Gasteiger partial charge in [-0.3, -0.25) is 9.78 Å². The van der Waals surface area contributed by atoms with Crippen molar-refractivity contribution in [2.75, 3.05) is 23.3 Å². The smallest absolute Gasteiger partial charge is 0.217 e. The Labute approximate surface area is 212 Å². The molecular weight excluding hydrogens is 474 g/mol. The zero-order valence-corrected chi connectivity index (χ0v) is 21.0. The lowest BCUT2D eigenvalue weighted by Gasteiger charge is -2.18. The molecule has 2 fully saturated rings. The van der Waals surface area contributed by atoms with Gasteiger partial charge in [0, 0.05) is 55.8 Å². The van der Waals surface area contributed by atoms with Gasteiger partial charge in [0.25, 0.3) is 0 Å². The Hall–Kier alpha value is -4.04. The minimum absolute atomic E-state index is 0.0381. The number of nitrogens with one attached hydrogen (secondary N) is 2. The quantitative estimate of drug-likeness (QED) is 0.415. The Morgan fingerprint density at radius 1 is 1.19 bits per heavy atom. The van der Waals surface area contributed by atoms with Crippen LogP contribution in [0.1, 0.15) is 26.3 Å². The number of hydrogen-bond acceptors (Lipinski definition) is 9. The highest BCUT2D eigenvalue weighted by Gasteiger charge is 2.56. The van der Waals surface area contributed by atoms with E-state index < -0.39 is 0 Å². The second-order valence-electron chi connectivity index (χ2n) is 9.67. The highest BCUT2D eigenvalue weighted by Crippen LogP contribution is 2.47. The standard InChI is InChI=1S/C25H25N9OS/c1-13(2)29-20-7-21(22-5-4-16-6-15(8-26)9-28-34(16)22)27-10-17(20)24-31-32-25(36-24)33-11-18-19(12-33)23(18)30-14(3)35/h4-7,9-10,13,18-19,23H,11-12H2,1-3H3,(H,27,29)(H,30,35)/t18-,19+,23+. The van der Waals surface area contributed by atoms with Crippen LogP contribution in [0.4, 0.5) is 10.8 Å². The maximum atomic E-state index is 11.4. The van der Waals surface area contributed by atoms with Gasteiger partial charge in [-0.15, -0.1) is 10.2 Å². The zero-order chi connectivity index (χ0) is 25.0. The van der Waals surface area contributed by atoms with Crippen LogP contribution < -0.4 is 15.5 Å². The van der Waals surface area contributed by atoms with Gasteiger partial charge in [-0.2, -0.15) is 10.4 Å². The average Bonchev–Trinajstić information content (AvgIpc) is 3.34. The molecule has 36 heavy (non-hydrogen) atoms. The van der Waals surface area contributed by atoms with Gasteiger partial charge in [-0.05, 0) is 38.1 Å². The van der Waals surface area contributed by atoms with Gasteiger partial charge in [0.05, 0.1) is 34.2 Å². The minimum Gasteiger partial charge on any atom is -0.382 e. The van der Waals surface area contributed by atoms with Crippen molar-refractivity contribution in [3.8, 4) is 28.0 Å². The number of anilines is 2. The Morgan fingerprint density at radius 3 is 2.72 bits per heavy atom. The number of rotatable bonds is 6. The molecule has 10 nitrogen and oxygen atoms in total. The monoisotopic (exact) mass is 499 g/mol. The van der Waals surface area contributed by atoms with E-state index in [1.807, 2.05) is 30.5 Å². The van der Waals surface area contributed by atoms with Crippen molar-refractivity contribution >= 4 is 33.6 Å². The van der Waals surface area contributed by atoms with Crippen molar-refractivity contribution in [1.29, 1.82) is 5.26 Å². The average molecular weight is 500 g/mol. The second kappa shape index (κ2) is 8.57. The first-order valence-corrected chi connectivity index (χ1v) is 12.7. The molecule has 3 atom stereocenters. The number of fused-ring (bicyclic) bond motifs is 2. The molecule has 1 saturated heterocycles. The molecule has 11 heteroatoms. The van der Waals surface area contributed by atoms with Gasteiger partial charge in [0.15, 0.2) is 5.01 Å². The lowest BCUT2D eigenvalue weighted by Crippen LogP contribution is -2.33. The first-order chi connectivity index (χ1) is 17.4. The summed E-state index contributed by atoms with van der Waals surface area (Å²) < 4.78 is 1.79. The molecule has 1 aliphatic heterocycles. The van der Waals surface area contributed by atoms with Crippen molar-refractivity contribution in [3.05, 3.63) is 42.2 Å². The van der Waals surface area contributed by atoms with Crippen molar-refractivity contribution in [3.63, 3.8) is 0 Å². The fraction of sp³-hybridized carbons (Fsp3) is 0.360. The summed E-state index contributed by atoms with van der Waals surface area (Å²) in [4.78, 5) is 18.4. The zero-order valence-electron chi connectivity index (χ0n) is 20.1. The van der Waals surface area contributed by atoms with Gasteiger partial charge in [-0.25, -0.2) is 4.52 Å². The molecule has 0 radical (unpaired) electrons. The number of carbonyl (C=O) groups is 1. The summed E-state index contributed by atoms with van der Waals surface area (Å²) in [5.41, 5.74) is 4.80. The van der Waals surface area contributed by atoms with Gasteiger partial charge < -0.3 is 15.5 Å². The topological polar surface area (TPSA) is 124 Å². The summed E-state index contributed by atoms with van der Waals surface area (Å²) in [5.74, 6) is 1.03. The fourth-order valence-corrected chi connectivity index (χ4v) is 5.92. The third-order valence-electron chi connectivity index (χ3n) is 6.72. The van der Waals surface area contributed by atoms with Crippen LogP contribution >= 0.6 is 11.3 Å². The van der Waals surface area contributed by atoms with Gasteiger partial charge in [0.2, 0.25) is 11.0 Å². The molecule has 1 saturated carbocycles. The molecule has 6 rings (SSSR count). The summed E-state index contributed by atoms with van der Waals surface area (Å²) in [7, 11) is 0. The molecule has 2 aliphatic rings. The SMILES string of the molecule is CC(=O)N[C@H]1[C@@H]2CN(c3nnc(-c4cnc(-c5ccc6cc(C#N)cnn56)cc4NC(C)C)s3)C[C@@H]21. The Balaban J connectivity index is 1.28. The van der Waals surface area contributed by atoms with Crippen LogP contribution in [0, 0.1) is 23.2 Å². The van der Waals surface area contributed by atoms with Gasteiger partial charge in [-0.1, -0.05) is 11.3 Å². The van der Waals surface area contributed by atoms with E-state index in [1.54, 1.807) is 29.0 Å². The lowest BCUT2D eigenvalue weighted by atomic mass is 10.1. The number of amides is 1. The number of nitrogens with zero attached hydrogens (tertiary/aromatic N) is 7. The largest absolute Gasteiger partial charge is 0.382 e. The molecule has 2 N–H and O–H groups in total. The third-order valence-corrected chi connectivity index (χ3v) is 7.74. The fourth-order valence-electron chi connectivity index (χ4n) is 5.03. The van der Waals surface area contributed by atoms with E-state index in [1.165, 1.54) is 0 Å². The van der Waals surface area contributed by atoms with E-state index in [0.717, 1.165) is 51.4 Å². The molecule has 0 bridgehead atoms. The lowest BCUT2D eigenvalue weighted by molar-refractivity contribution is -0.119. The highest BCUT2D eigenvalue weighted by molar-refractivity contribution is 7.18. The van der Waals surface area contributed by atoms with E-state index in [9.17, 15) is 4.79 Å². The number of hydrogen-bond donors (Lipinski definition) is 2. The van der Waals surface area contributed by atoms with Crippen LogP contribution in [0.25, 0.3) is 27.5 Å². The van der Waals surface area contributed by atoms with Crippen LogP contribution in [0.15, 0.2) is 36.7 Å². The van der Waals surface area contributed by atoms with Gasteiger partial charge >= 0.3 is 0 Å². The summed E-state index contributed by atoms with van der Waals surface area (Å²) in [6.45, 7) is 7.54. The molecule has 1 amide bonds. The van der Waals surface area contributed by atoms with Crippen LogP contribution in [-0.2, 0) is 4.79 Å². The molecule has 0 aromatic carbocycles. The number of aromatic nitrogens is 5. The number of piperidine rings is 1. The maximum absolute atomic E-state index is 11.4. The van der Waals surface area contributed by atoms with Crippen molar-refractivity contribution in [2.24, 2.45) is 11.8 Å². The van der Waals surface area contributed by atoms with Crippen LogP contribution in [-0.4, -0.2) is 55.9 Å². The normalized spacial score (nSPS) is 20.4. The Kier molecular flexibility index (Phi) is 5.34. The molecule has 4 aromatic heterocycles.